The van der Waals surface area contributed by atoms with Crippen molar-refractivity contribution in [1.82, 2.24) is 0 Å². The molecule has 0 aliphatic carbocycles. The average molecular weight is 761 g/mol. The van der Waals surface area contributed by atoms with Crippen LogP contribution in [0.25, 0.3) is 0 Å². The number of hydrogen-bond donors (Lipinski definition) is 3. The lowest BCUT2D eigenvalue weighted by molar-refractivity contribution is -0.153. The summed E-state index contributed by atoms with van der Waals surface area (Å²) in [4.78, 5) is 34.3. The van der Waals surface area contributed by atoms with Gasteiger partial charge in [-0.3, -0.25) is 18.6 Å². The maximum Gasteiger partial charge on any atom is 0.472 e. The van der Waals surface area contributed by atoms with Crippen LogP contribution >= 0.6 is 7.82 Å². The van der Waals surface area contributed by atoms with Gasteiger partial charge in [0.25, 0.3) is 0 Å². The van der Waals surface area contributed by atoms with E-state index >= 15 is 0 Å². The van der Waals surface area contributed by atoms with Gasteiger partial charge < -0.3 is 24.6 Å². The highest BCUT2D eigenvalue weighted by molar-refractivity contribution is 7.47. The van der Waals surface area contributed by atoms with Crippen LogP contribution in [0, 0.1) is 0 Å². The van der Waals surface area contributed by atoms with Gasteiger partial charge in [0, 0.05) is 12.8 Å². The molecule has 0 aliphatic rings. The molecule has 0 aromatic heterocycles. The third-order valence-electron chi connectivity index (χ3n) is 6.99. The summed E-state index contributed by atoms with van der Waals surface area (Å²) >= 11 is 0. The summed E-state index contributed by atoms with van der Waals surface area (Å²) in [7, 11) is -4.67. The van der Waals surface area contributed by atoms with Gasteiger partial charge >= 0.3 is 19.8 Å². The number of phosphoric acid groups is 1. The fraction of sp³-hybridized carbons (Fsp3) is 0.524. The SMILES string of the molecule is CC/C=C\C/C=C\C/C=C\C/C=C\C/C=C\CCCC(=O)OC(CO)COP(=O)(O)OCC(CO)OC(=O)CC/C=C\C/C=C\C/C=C\C/C=C\CC. The Morgan fingerprint density at radius 3 is 1.19 bits per heavy atom. The van der Waals surface area contributed by atoms with Crippen molar-refractivity contribution in [3.05, 3.63) is 109 Å². The van der Waals surface area contributed by atoms with Crippen LogP contribution in [-0.4, -0.2) is 65.7 Å². The Morgan fingerprint density at radius 1 is 0.509 bits per heavy atom. The number of hydrogen-bond acceptors (Lipinski definition) is 9. The van der Waals surface area contributed by atoms with Crippen molar-refractivity contribution in [2.24, 2.45) is 0 Å². The molecule has 0 rings (SSSR count). The second-order valence-electron chi connectivity index (χ2n) is 11.8. The van der Waals surface area contributed by atoms with Crippen molar-refractivity contribution in [2.45, 2.75) is 116 Å². The summed E-state index contributed by atoms with van der Waals surface area (Å²) in [5.41, 5.74) is 0. The highest BCUT2D eigenvalue weighted by Gasteiger charge is 2.27. The quantitative estimate of drug-likeness (QED) is 0.0256. The maximum atomic E-state index is 12.3. The highest BCUT2D eigenvalue weighted by atomic mass is 31.2. The van der Waals surface area contributed by atoms with Gasteiger partial charge in [0.15, 0.2) is 0 Å². The van der Waals surface area contributed by atoms with Crippen LogP contribution in [-0.2, 0) is 32.7 Å². The Labute approximate surface area is 318 Å². The highest BCUT2D eigenvalue weighted by Crippen LogP contribution is 2.43. The number of rotatable bonds is 33. The van der Waals surface area contributed by atoms with Crippen molar-refractivity contribution in [3.8, 4) is 0 Å². The number of esters is 2. The van der Waals surface area contributed by atoms with Crippen LogP contribution in [0.2, 0.25) is 0 Å². The lowest BCUT2D eigenvalue weighted by Crippen LogP contribution is -2.28. The molecule has 0 aromatic carbocycles. The van der Waals surface area contributed by atoms with Crippen molar-refractivity contribution in [1.29, 1.82) is 0 Å². The fourth-order valence-corrected chi connectivity index (χ4v) is 4.94. The van der Waals surface area contributed by atoms with Gasteiger partial charge in [-0.05, 0) is 77.0 Å². The molecule has 0 spiro atoms. The van der Waals surface area contributed by atoms with Gasteiger partial charge in [0.1, 0.15) is 12.2 Å². The predicted molar refractivity (Wildman–Crippen MR) is 214 cm³/mol. The third-order valence-corrected chi connectivity index (χ3v) is 7.94. The number of allylic oxidation sites excluding steroid dienone is 18. The maximum absolute atomic E-state index is 12.3. The standard InChI is InChI=1S/C42H65O10P/c1-3-5-7-9-11-13-15-17-18-19-20-22-24-26-28-30-32-34-42(46)52-40(36-44)38-50-53(47,48)49-37-39(35-43)51-41(45)33-31-29-27-25-23-21-16-14-12-10-8-6-4-2/h5-8,11-14,17-18,20-23,26-29,39-40,43-44H,3-4,9-10,15-16,19,24-25,30-38H2,1-2H3,(H,47,48)/b7-5-,8-6-,13-11-,14-12-,18-17-,22-20-,23-21-,28-26-,29-27-. The summed E-state index contributed by atoms with van der Waals surface area (Å²) in [6.07, 6.45) is 45.2. The minimum atomic E-state index is -4.67. The molecular formula is C42H65O10P. The third kappa shape index (κ3) is 35.4. The molecule has 0 amide bonds. The van der Waals surface area contributed by atoms with Gasteiger partial charge in [-0.25, -0.2) is 4.57 Å². The Hall–Kier alpha value is -3.37. The van der Waals surface area contributed by atoms with E-state index in [0.29, 0.717) is 19.3 Å². The van der Waals surface area contributed by atoms with Gasteiger partial charge in [-0.2, -0.15) is 0 Å². The average Bonchev–Trinajstić information content (AvgIpc) is 3.14. The first-order valence-electron chi connectivity index (χ1n) is 18.8. The molecule has 0 saturated heterocycles. The van der Waals surface area contributed by atoms with E-state index in [1.807, 2.05) is 30.4 Å². The van der Waals surface area contributed by atoms with E-state index in [1.54, 1.807) is 0 Å². The number of ether oxygens (including phenoxy) is 2. The van der Waals surface area contributed by atoms with E-state index in [2.05, 4.69) is 92.8 Å². The van der Waals surface area contributed by atoms with Crippen LogP contribution in [0.4, 0.5) is 0 Å². The smallest absolute Gasteiger partial charge is 0.457 e. The monoisotopic (exact) mass is 760 g/mol. The molecule has 10 nitrogen and oxygen atoms in total. The first kappa shape index (κ1) is 49.6. The molecule has 0 bridgehead atoms. The first-order valence-corrected chi connectivity index (χ1v) is 20.3. The first-order chi connectivity index (χ1) is 25.8. The van der Waals surface area contributed by atoms with Crippen LogP contribution in [0.15, 0.2) is 109 Å². The van der Waals surface area contributed by atoms with E-state index in [-0.39, 0.29) is 12.8 Å². The Bertz CT molecular complexity index is 1240. The fourth-order valence-electron chi connectivity index (χ4n) is 4.16. The number of aliphatic hydroxyl groups excluding tert-OH is 2. The van der Waals surface area contributed by atoms with Gasteiger partial charge in [-0.15, -0.1) is 0 Å². The summed E-state index contributed by atoms with van der Waals surface area (Å²) in [6.45, 7) is 1.78. The number of unbranched alkanes of at least 4 members (excludes halogenated alkanes) is 1. The van der Waals surface area contributed by atoms with E-state index in [4.69, 9.17) is 18.5 Å². The molecule has 3 unspecified atom stereocenters. The number of aliphatic hydroxyl groups is 2. The molecule has 0 fully saturated rings. The molecule has 3 atom stereocenters. The molecule has 11 heteroatoms. The molecule has 0 heterocycles. The van der Waals surface area contributed by atoms with Crippen LogP contribution in [0.1, 0.15) is 104 Å². The number of carbonyl (C=O) groups excluding carboxylic acids is 2. The van der Waals surface area contributed by atoms with Crippen molar-refractivity contribution in [2.75, 3.05) is 26.4 Å². The van der Waals surface area contributed by atoms with E-state index in [9.17, 15) is 29.3 Å². The zero-order valence-electron chi connectivity index (χ0n) is 31.9. The van der Waals surface area contributed by atoms with E-state index < -0.39 is 58.4 Å². The minimum absolute atomic E-state index is 0.0594. The zero-order chi connectivity index (χ0) is 39.1. The van der Waals surface area contributed by atoms with Crippen LogP contribution in [0.5, 0.6) is 0 Å². The molecular weight excluding hydrogens is 695 g/mol. The predicted octanol–water partition coefficient (Wildman–Crippen LogP) is 9.44. The molecule has 53 heavy (non-hydrogen) atoms. The molecule has 0 aliphatic heterocycles. The Kier molecular flexibility index (Phi) is 34.6. The molecule has 0 aromatic rings. The molecule has 0 radical (unpaired) electrons. The van der Waals surface area contributed by atoms with Crippen LogP contribution < -0.4 is 0 Å². The van der Waals surface area contributed by atoms with Gasteiger partial charge in [0.05, 0.1) is 26.4 Å². The minimum Gasteiger partial charge on any atom is -0.457 e. The van der Waals surface area contributed by atoms with Crippen LogP contribution in [0.3, 0.4) is 0 Å². The number of phosphoric ester groups is 1. The normalized spacial score (nSPS) is 15.2. The second-order valence-corrected chi connectivity index (χ2v) is 13.2. The largest absolute Gasteiger partial charge is 0.472 e. The van der Waals surface area contributed by atoms with Crippen molar-refractivity contribution >= 4 is 19.8 Å². The summed E-state index contributed by atoms with van der Waals surface area (Å²) < 4.78 is 32.3. The van der Waals surface area contributed by atoms with E-state index in [1.165, 1.54) is 0 Å². The number of carbonyl (C=O) groups is 2. The molecule has 298 valence electrons. The van der Waals surface area contributed by atoms with E-state index in [0.717, 1.165) is 57.8 Å². The topological polar surface area (TPSA) is 149 Å². The lowest BCUT2D eigenvalue weighted by Gasteiger charge is -2.20. The summed E-state index contributed by atoms with van der Waals surface area (Å²) in [6, 6.07) is 0. The second kappa shape index (κ2) is 37.0. The van der Waals surface area contributed by atoms with Gasteiger partial charge in [0.2, 0.25) is 0 Å². The van der Waals surface area contributed by atoms with Crippen molar-refractivity contribution < 1.29 is 47.8 Å². The summed E-state index contributed by atoms with van der Waals surface area (Å²) in [5, 5.41) is 19.1. The lowest BCUT2D eigenvalue weighted by atomic mass is 10.2. The summed E-state index contributed by atoms with van der Waals surface area (Å²) in [5.74, 6) is -1.18. The molecule has 3 N–H and O–H groups in total. The molecule has 0 saturated carbocycles. The van der Waals surface area contributed by atoms with Crippen molar-refractivity contribution in [3.63, 3.8) is 0 Å². The Morgan fingerprint density at radius 2 is 0.830 bits per heavy atom. The zero-order valence-corrected chi connectivity index (χ0v) is 32.8. The Balaban J connectivity index is 4.18. The van der Waals surface area contributed by atoms with Gasteiger partial charge in [-0.1, -0.05) is 123 Å².